The van der Waals surface area contributed by atoms with Crippen LogP contribution in [-0.2, 0) is 19.6 Å². The first kappa shape index (κ1) is 20.5. The summed E-state index contributed by atoms with van der Waals surface area (Å²) < 4.78 is 31.3. The predicted octanol–water partition coefficient (Wildman–Crippen LogP) is 2.13. The quantitative estimate of drug-likeness (QED) is 0.443. The van der Waals surface area contributed by atoms with Crippen molar-refractivity contribution in [2.24, 2.45) is 0 Å². The molecule has 132 valence electrons. The third-order valence-corrected chi connectivity index (χ3v) is 4.84. The SMILES string of the molecule is C=CCN(CC#CC#CC(C)OC(C)=O)S(=O)(=O)c1ccc(C)cc1. The highest BCUT2D eigenvalue weighted by molar-refractivity contribution is 7.89. The van der Waals surface area contributed by atoms with Gasteiger partial charge in [-0.25, -0.2) is 8.42 Å². The fourth-order valence-corrected chi connectivity index (χ4v) is 3.15. The van der Waals surface area contributed by atoms with E-state index in [0.29, 0.717) is 0 Å². The van der Waals surface area contributed by atoms with Crippen LogP contribution in [0, 0.1) is 30.6 Å². The molecule has 0 radical (unpaired) electrons. The van der Waals surface area contributed by atoms with Gasteiger partial charge in [-0.2, -0.15) is 4.31 Å². The van der Waals surface area contributed by atoms with Gasteiger partial charge in [0.25, 0.3) is 0 Å². The summed E-state index contributed by atoms with van der Waals surface area (Å²) in [6.45, 7) is 8.53. The molecule has 1 unspecified atom stereocenters. The second-order valence-corrected chi connectivity index (χ2v) is 7.16. The van der Waals surface area contributed by atoms with Crippen molar-refractivity contribution < 1.29 is 17.9 Å². The Balaban J connectivity index is 2.87. The van der Waals surface area contributed by atoms with Gasteiger partial charge in [0, 0.05) is 13.5 Å². The zero-order valence-corrected chi connectivity index (χ0v) is 15.4. The van der Waals surface area contributed by atoms with Crippen LogP contribution in [0.15, 0.2) is 41.8 Å². The molecule has 0 aromatic heterocycles. The summed E-state index contributed by atoms with van der Waals surface area (Å²) in [5.41, 5.74) is 0.978. The molecule has 1 aromatic carbocycles. The van der Waals surface area contributed by atoms with Gasteiger partial charge in [-0.3, -0.25) is 4.79 Å². The number of sulfonamides is 1. The lowest BCUT2D eigenvalue weighted by Gasteiger charge is -2.18. The van der Waals surface area contributed by atoms with Crippen LogP contribution in [0.25, 0.3) is 0 Å². The number of hydrogen-bond donors (Lipinski definition) is 0. The molecule has 1 atom stereocenters. The summed E-state index contributed by atoms with van der Waals surface area (Å²) in [5.74, 6) is 10.0. The van der Waals surface area contributed by atoms with Crippen LogP contribution < -0.4 is 0 Å². The highest BCUT2D eigenvalue weighted by Gasteiger charge is 2.22. The van der Waals surface area contributed by atoms with E-state index in [1.54, 1.807) is 31.2 Å². The van der Waals surface area contributed by atoms with E-state index >= 15 is 0 Å². The topological polar surface area (TPSA) is 63.7 Å². The van der Waals surface area contributed by atoms with Crippen molar-refractivity contribution in [3.8, 4) is 23.7 Å². The zero-order chi connectivity index (χ0) is 18.9. The summed E-state index contributed by atoms with van der Waals surface area (Å²) in [4.78, 5) is 11.0. The van der Waals surface area contributed by atoms with Crippen LogP contribution in [0.1, 0.15) is 19.4 Å². The maximum absolute atomic E-state index is 12.6. The number of aryl methyl sites for hydroxylation is 1. The number of esters is 1. The Morgan fingerprint density at radius 2 is 1.96 bits per heavy atom. The summed E-state index contributed by atoms with van der Waals surface area (Å²) in [6, 6.07) is 6.61. The molecule has 1 rings (SSSR count). The normalized spacial score (nSPS) is 11.5. The molecule has 6 heteroatoms. The molecule has 0 spiro atoms. The Bertz CT molecular complexity index is 833. The van der Waals surface area contributed by atoms with Gasteiger partial charge in [0.15, 0.2) is 6.10 Å². The molecule has 0 saturated heterocycles. The second-order valence-electron chi connectivity index (χ2n) is 5.22. The van der Waals surface area contributed by atoms with Crippen LogP contribution >= 0.6 is 0 Å². The monoisotopic (exact) mass is 359 g/mol. The van der Waals surface area contributed by atoms with Gasteiger partial charge >= 0.3 is 5.97 Å². The lowest BCUT2D eigenvalue weighted by atomic mass is 10.2. The van der Waals surface area contributed by atoms with E-state index < -0.39 is 22.1 Å². The Labute approximate surface area is 149 Å². The molecular weight excluding hydrogens is 338 g/mol. The van der Waals surface area contributed by atoms with Crippen LogP contribution in [0.5, 0.6) is 0 Å². The van der Waals surface area contributed by atoms with Crippen molar-refractivity contribution in [1.82, 2.24) is 4.31 Å². The fourth-order valence-electron chi connectivity index (χ4n) is 1.84. The third-order valence-electron chi connectivity index (χ3n) is 3.02. The second kappa shape index (κ2) is 9.68. The molecule has 0 heterocycles. The fraction of sp³-hybridized carbons (Fsp3) is 0.316. The van der Waals surface area contributed by atoms with Gasteiger partial charge in [-0.05, 0) is 43.7 Å². The minimum Gasteiger partial charge on any atom is -0.450 e. The summed E-state index contributed by atoms with van der Waals surface area (Å²) in [5, 5.41) is 0. The first-order valence-corrected chi connectivity index (χ1v) is 9.04. The summed E-state index contributed by atoms with van der Waals surface area (Å²) in [6.07, 6.45) is 0.939. The van der Waals surface area contributed by atoms with Crippen molar-refractivity contribution >= 4 is 16.0 Å². The van der Waals surface area contributed by atoms with E-state index in [1.807, 2.05) is 6.92 Å². The maximum Gasteiger partial charge on any atom is 0.303 e. The van der Waals surface area contributed by atoms with Crippen molar-refractivity contribution in [1.29, 1.82) is 0 Å². The molecule has 5 nitrogen and oxygen atoms in total. The Hall–Kier alpha value is -2.54. The Morgan fingerprint density at radius 1 is 1.32 bits per heavy atom. The van der Waals surface area contributed by atoms with Gasteiger partial charge in [0.1, 0.15) is 0 Å². The molecule has 0 N–H and O–H groups in total. The first-order valence-electron chi connectivity index (χ1n) is 7.60. The van der Waals surface area contributed by atoms with Crippen LogP contribution in [0.4, 0.5) is 0 Å². The number of benzene rings is 1. The molecule has 0 aliphatic rings. The number of rotatable bonds is 6. The number of carbonyl (C=O) groups is 1. The minimum absolute atomic E-state index is 0.0150. The van der Waals surface area contributed by atoms with Gasteiger partial charge in [-0.1, -0.05) is 29.7 Å². The molecule has 0 aliphatic heterocycles. The van der Waals surface area contributed by atoms with E-state index in [4.69, 9.17) is 4.74 Å². The molecular formula is C19H21NO4S. The molecule has 25 heavy (non-hydrogen) atoms. The van der Waals surface area contributed by atoms with Crippen LogP contribution in [0.2, 0.25) is 0 Å². The van der Waals surface area contributed by atoms with Crippen molar-refractivity contribution in [3.63, 3.8) is 0 Å². The van der Waals surface area contributed by atoms with Crippen molar-refractivity contribution in [2.45, 2.75) is 31.8 Å². The molecule has 0 saturated carbocycles. The third kappa shape index (κ3) is 6.84. The van der Waals surface area contributed by atoms with E-state index in [1.165, 1.54) is 17.3 Å². The lowest BCUT2D eigenvalue weighted by Crippen LogP contribution is -2.31. The van der Waals surface area contributed by atoms with Crippen LogP contribution in [-0.4, -0.2) is 37.9 Å². The Morgan fingerprint density at radius 3 is 2.52 bits per heavy atom. The first-order chi connectivity index (χ1) is 11.8. The van der Waals surface area contributed by atoms with Gasteiger partial charge in [0.2, 0.25) is 10.0 Å². The van der Waals surface area contributed by atoms with E-state index in [2.05, 4.69) is 30.3 Å². The summed E-state index contributed by atoms with van der Waals surface area (Å²) >= 11 is 0. The number of carbonyl (C=O) groups excluding carboxylic acids is 1. The van der Waals surface area contributed by atoms with Crippen molar-refractivity contribution in [2.75, 3.05) is 13.1 Å². The minimum atomic E-state index is -3.66. The number of hydrogen-bond acceptors (Lipinski definition) is 4. The number of nitrogens with zero attached hydrogens (tertiary/aromatic N) is 1. The maximum atomic E-state index is 12.6. The van der Waals surface area contributed by atoms with E-state index in [9.17, 15) is 13.2 Å². The van der Waals surface area contributed by atoms with Crippen LogP contribution in [0.3, 0.4) is 0 Å². The molecule has 1 aromatic rings. The summed E-state index contributed by atoms with van der Waals surface area (Å²) in [7, 11) is -3.66. The van der Waals surface area contributed by atoms with Gasteiger partial charge in [0.05, 0.1) is 11.4 Å². The van der Waals surface area contributed by atoms with Gasteiger partial charge in [-0.15, -0.1) is 6.58 Å². The standard InChI is InChI=1S/C19H21NO4S/c1-5-14-20(15-8-6-7-9-17(3)24-18(4)21)25(22,23)19-12-10-16(2)11-13-19/h5,10-13,17H,1,14-15H2,2-4H3. The highest BCUT2D eigenvalue weighted by Crippen LogP contribution is 2.15. The van der Waals surface area contributed by atoms with Crippen molar-refractivity contribution in [3.05, 3.63) is 42.5 Å². The average Bonchev–Trinajstić information content (AvgIpc) is 2.53. The largest absolute Gasteiger partial charge is 0.450 e. The predicted molar refractivity (Wildman–Crippen MR) is 96.9 cm³/mol. The average molecular weight is 359 g/mol. The highest BCUT2D eigenvalue weighted by atomic mass is 32.2. The molecule has 0 fully saturated rings. The molecule has 0 amide bonds. The molecule has 0 bridgehead atoms. The molecule has 0 aliphatic carbocycles. The zero-order valence-electron chi connectivity index (χ0n) is 14.6. The smallest absolute Gasteiger partial charge is 0.303 e. The Kier molecular flexibility index (Phi) is 7.94. The van der Waals surface area contributed by atoms with E-state index in [-0.39, 0.29) is 18.0 Å². The number of ether oxygens (including phenoxy) is 1. The van der Waals surface area contributed by atoms with E-state index in [0.717, 1.165) is 5.56 Å². The van der Waals surface area contributed by atoms with Gasteiger partial charge < -0.3 is 4.74 Å². The lowest BCUT2D eigenvalue weighted by molar-refractivity contribution is -0.143.